The van der Waals surface area contributed by atoms with Gasteiger partial charge < -0.3 is 0 Å². The molecule has 22 heavy (non-hydrogen) atoms. The number of hydrogen-bond acceptors (Lipinski definition) is 2. The van der Waals surface area contributed by atoms with Crippen LogP contribution in [0.3, 0.4) is 0 Å². The lowest BCUT2D eigenvalue weighted by Crippen LogP contribution is -2.12. The van der Waals surface area contributed by atoms with Crippen molar-refractivity contribution in [1.82, 2.24) is 0 Å². The molecule has 110 valence electrons. The molecule has 0 aliphatic rings. The first-order valence-electron chi connectivity index (χ1n) is 7.16. The minimum absolute atomic E-state index is 1.24. The molecule has 0 saturated carbocycles. The summed E-state index contributed by atoms with van der Waals surface area (Å²) in [6.45, 7) is 2.11. The first-order chi connectivity index (χ1) is 10.7. The van der Waals surface area contributed by atoms with Crippen molar-refractivity contribution >= 4 is 39.0 Å². The van der Waals surface area contributed by atoms with Gasteiger partial charge in [-0.15, -0.1) is 0 Å². The van der Waals surface area contributed by atoms with Gasteiger partial charge in [-0.3, -0.25) is 0 Å². The Morgan fingerprint density at radius 2 is 1.14 bits per heavy atom. The summed E-state index contributed by atoms with van der Waals surface area (Å²) in [6, 6.07) is 29.7. The van der Waals surface area contributed by atoms with E-state index in [2.05, 4.69) is 79.7 Å². The average molecular weight is 340 g/mol. The van der Waals surface area contributed by atoms with Crippen molar-refractivity contribution in [3.05, 3.63) is 90.5 Å². The Labute approximate surface area is 141 Å². The second-order valence-corrected chi connectivity index (χ2v) is 12.4. The highest BCUT2D eigenvalue weighted by Crippen LogP contribution is 2.59. The van der Waals surface area contributed by atoms with Crippen LogP contribution in [0.2, 0.25) is 0 Å². The molecule has 0 amide bonds. The zero-order chi connectivity index (χ0) is 15.4. The largest absolute Gasteiger partial charge is 0.0790 e. The average Bonchev–Trinajstić information content (AvgIpc) is 2.58. The molecule has 0 unspecified atom stereocenters. The number of benzene rings is 3. The number of aryl methyl sites for hydroxylation is 1. The van der Waals surface area contributed by atoms with E-state index in [-0.39, 0.29) is 0 Å². The molecule has 0 saturated heterocycles. The van der Waals surface area contributed by atoms with Gasteiger partial charge in [-0.1, -0.05) is 102 Å². The molecule has 0 N–H and O–H groups in total. The summed E-state index contributed by atoms with van der Waals surface area (Å²) in [4.78, 5) is 1.24. The first kappa shape index (κ1) is 15.6. The SMILES string of the molecule is Cc1ccc(SP(=S)(c2ccccc2)c2ccccc2)cc1. The van der Waals surface area contributed by atoms with Crippen LogP contribution >= 0.6 is 16.6 Å². The van der Waals surface area contributed by atoms with E-state index in [1.807, 2.05) is 23.5 Å². The summed E-state index contributed by atoms with van der Waals surface area (Å²) in [5, 5.41) is 0.592. The normalized spacial score (nSPS) is 11.3. The molecule has 0 spiro atoms. The Hall–Kier alpha value is -1.34. The molecule has 0 aliphatic carbocycles. The molecule has 3 heteroatoms. The maximum Gasteiger partial charge on any atom is 0.0659 e. The van der Waals surface area contributed by atoms with Gasteiger partial charge in [0.2, 0.25) is 0 Å². The van der Waals surface area contributed by atoms with E-state index in [0.717, 1.165) is 0 Å². The van der Waals surface area contributed by atoms with Crippen LogP contribution in [-0.2, 0) is 11.8 Å². The lowest BCUT2D eigenvalue weighted by atomic mass is 10.2. The summed E-state index contributed by atoms with van der Waals surface area (Å²) in [5.41, 5.74) is 1.28. The van der Waals surface area contributed by atoms with Crippen LogP contribution in [-0.4, -0.2) is 0 Å². The van der Waals surface area contributed by atoms with Crippen molar-refractivity contribution < 1.29 is 0 Å². The fourth-order valence-corrected chi connectivity index (χ4v) is 8.57. The fraction of sp³-hybridized carbons (Fsp3) is 0.0526. The molecule has 3 aromatic carbocycles. The van der Waals surface area contributed by atoms with Crippen LogP contribution < -0.4 is 10.6 Å². The maximum absolute atomic E-state index is 6.22. The molecule has 0 aromatic heterocycles. The van der Waals surface area contributed by atoms with E-state index in [1.54, 1.807) is 0 Å². The highest BCUT2D eigenvalue weighted by atomic mass is 32.9. The van der Waals surface area contributed by atoms with Crippen LogP contribution in [0, 0.1) is 6.92 Å². The summed E-state index contributed by atoms with van der Waals surface area (Å²) in [5.74, 6) is 0. The van der Waals surface area contributed by atoms with E-state index < -0.39 is 5.24 Å². The fourth-order valence-electron chi connectivity index (χ4n) is 2.25. The Bertz CT molecular complexity index is 737. The second kappa shape index (κ2) is 6.83. The molecule has 0 fully saturated rings. The lowest BCUT2D eigenvalue weighted by molar-refractivity contribution is 1.38. The van der Waals surface area contributed by atoms with Crippen molar-refractivity contribution in [2.45, 2.75) is 11.8 Å². The van der Waals surface area contributed by atoms with Crippen LogP contribution in [0.4, 0.5) is 0 Å². The van der Waals surface area contributed by atoms with Crippen molar-refractivity contribution in [2.75, 3.05) is 0 Å². The predicted octanol–water partition coefficient (Wildman–Crippen LogP) is 5.13. The lowest BCUT2D eigenvalue weighted by Gasteiger charge is -2.22. The minimum Gasteiger partial charge on any atom is -0.0790 e. The zero-order valence-electron chi connectivity index (χ0n) is 12.3. The molecule has 0 bridgehead atoms. The van der Waals surface area contributed by atoms with Crippen molar-refractivity contribution in [2.24, 2.45) is 0 Å². The van der Waals surface area contributed by atoms with Gasteiger partial charge in [0.05, 0.1) is 5.24 Å². The van der Waals surface area contributed by atoms with Gasteiger partial charge in [0.15, 0.2) is 0 Å². The van der Waals surface area contributed by atoms with Crippen molar-refractivity contribution in [1.29, 1.82) is 0 Å². The van der Waals surface area contributed by atoms with Crippen molar-refractivity contribution in [3.63, 3.8) is 0 Å². The summed E-state index contributed by atoms with van der Waals surface area (Å²) >= 11 is 8.06. The Kier molecular flexibility index (Phi) is 4.83. The highest BCUT2D eigenvalue weighted by molar-refractivity contribution is 8.75. The van der Waals surface area contributed by atoms with Gasteiger partial charge in [-0.2, -0.15) is 0 Å². The molecule has 3 rings (SSSR count). The molecular weight excluding hydrogens is 323 g/mol. The monoisotopic (exact) mass is 340 g/mol. The zero-order valence-corrected chi connectivity index (χ0v) is 14.9. The second-order valence-electron chi connectivity index (χ2n) is 5.13. The van der Waals surface area contributed by atoms with Crippen LogP contribution in [0.25, 0.3) is 0 Å². The third-order valence-corrected chi connectivity index (χ3v) is 10.7. The minimum atomic E-state index is -1.91. The molecule has 0 atom stereocenters. The van der Waals surface area contributed by atoms with E-state index in [1.165, 1.54) is 21.1 Å². The van der Waals surface area contributed by atoms with Gasteiger partial charge in [-0.25, -0.2) is 0 Å². The Morgan fingerprint density at radius 1 is 0.682 bits per heavy atom. The molecular formula is C19H17PS2. The van der Waals surface area contributed by atoms with Gasteiger partial charge in [0.25, 0.3) is 0 Å². The molecule has 0 aliphatic heterocycles. The predicted molar refractivity (Wildman–Crippen MR) is 103 cm³/mol. The maximum atomic E-state index is 6.22. The van der Waals surface area contributed by atoms with Crippen molar-refractivity contribution in [3.8, 4) is 0 Å². The number of rotatable bonds is 4. The van der Waals surface area contributed by atoms with Gasteiger partial charge in [0.1, 0.15) is 0 Å². The van der Waals surface area contributed by atoms with E-state index in [0.29, 0.717) is 0 Å². The van der Waals surface area contributed by atoms with E-state index >= 15 is 0 Å². The van der Waals surface area contributed by atoms with E-state index in [9.17, 15) is 0 Å². The van der Waals surface area contributed by atoms with Crippen LogP contribution in [0.15, 0.2) is 89.8 Å². The first-order valence-corrected chi connectivity index (χ1v) is 11.4. The van der Waals surface area contributed by atoms with Gasteiger partial charge in [-0.05, 0) is 29.7 Å². The molecule has 0 heterocycles. The quantitative estimate of drug-likeness (QED) is 0.604. The van der Waals surface area contributed by atoms with Crippen LogP contribution in [0.1, 0.15) is 5.56 Å². The number of hydrogen-bond donors (Lipinski definition) is 0. The summed E-state index contributed by atoms with van der Waals surface area (Å²) in [6.07, 6.45) is 0. The topological polar surface area (TPSA) is 0 Å². The van der Waals surface area contributed by atoms with Crippen LogP contribution in [0.5, 0.6) is 0 Å². The highest BCUT2D eigenvalue weighted by Gasteiger charge is 2.23. The summed E-state index contributed by atoms with van der Waals surface area (Å²) < 4.78 is 0. The molecule has 0 nitrogen and oxygen atoms in total. The molecule has 3 aromatic rings. The third-order valence-electron chi connectivity index (χ3n) is 3.45. The Morgan fingerprint density at radius 3 is 1.59 bits per heavy atom. The van der Waals surface area contributed by atoms with E-state index in [4.69, 9.17) is 11.8 Å². The summed E-state index contributed by atoms with van der Waals surface area (Å²) in [7, 11) is 0. The Balaban J connectivity index is 2.08. The van der Waals surface area contributed by atoms with Gasteiger partial charge >= 0.3 is 0 Å². The van der Waals surface area contributed by atoms with Gasteiger partial charge in [0, 0.05) is 4.90 Å². The third kappa shape index (κ3) is 3.35. The smallest absolute Gasteiger partial charge is 0.0659 e. The standard InChI is InChI=1S/C19H17PS2/c1-16-12-14-19(15-13-16)22-20(21,17-8-4-2-5-9-17)18-10-6-3-7-11-18/h2-15H,1H3. The molecule has 0 radical (unpaired) electrons.